The average molecular weight is 267 g/mol. The summed E-state index contributed by atoms with van der Waals surface area (Å²) in [4.78, 5) is 14.0. The Morgan fingerprint density at radius 1 is 1.20 bits per heavy atom. The van der Waals surface area contributed by atoms with Crippen molar-refractivity contribution in [3.8, 4) is 5.75 Å². The van der Waals surface area contributed by atoms with Crippen molar-refractivity contribution >= 4 is 11.6 Å². The van der Waals surface area contributed by atoms with Gasteiger partial charge in [0, 0.05) is 11.3 Å². The minimum absolute atomic E-state index is 0.148. The number of carbonyl (C=O) groups excluding carboxylic acids is 1. The number of ether oxygens (including phenoxy) is 1. The Morgan fingerprint density at radius 3 is 2.80 bits per heavy atom. The van der Waals surface area contributed by atoms with E-state index in [-0.39, 0.29) is 5.91 Å². The van der Waals surface area contributed by atoms with Crippen molar-refractivity contribution in [2.45, 2.75) is 19.9 Å². The predicted molar refractivity (Wildman–Crippen MR) is 79.1 cm³/mol. The molecule has 1 aliphatic rings. The number of methoxy groups -OCH3 is 1. The monoisotopic (exact) mass is 267 g/mol. The van der Waals surface area contributed by atoms with E-state index in [9.17, 15) is 4.79 Å². The largest absolute Gasteiger partial charge is 0.496 e. The smallest absolute Gasteiger partial charge is 0.231 e. The van der Waals surface area contributed by atoms with Crippen LogP contribution in [-0.4, -0.2) is 13.0 Å². The summed E-state index contributed by atoms with van der Waals surface area (Å²) >= 11 is 0. The summed E-state index contributed by atoms with van der Waals surface area (Å²) in [7, 11) is 1.66. The van der Waals surface area contributed by atoms with E-state index in [2.05, 4.69) is 6.07 Å². The molecule has 0 radical (unpaired) electrons. The maximum absolute atomic E-state index is 12.2. The lowest BCUT2D eigenvalue weighted by Gasteiger charge is -2.19. The molecule has 3 heteroatoms. The van der Waals surface area contributed by atoms with E-state index in [1.165, 1.54) is 5.56 Å². The van der Waals surface area contributed by atoms with Gasteiger partial charge in [-0.05, 0) is 24.6 Å². The fraction of sp³-hybridized carbons (Fsp3) is 0.235. The molecule has 1 aliphatic heterocycles. The van der Waals surface area contributed by atoms with E-state index in [1.807, 2.05) is 48.2 Å². The van der Waals surface area contributed by atoms with Crippen LogP contribution in [0, 0.1) is 6.92 Å². The number of hydrogen-bond donors (Lipinski definition) is 0. The van der Waals surface area contributed by atoms with Crippen LogP contribution in [0.2, 0.25) is 0 Å². The Kier molecular flexibility index (Phi) is 3.18. The summed E-state index contributed by atoms with van der Waals surface area (Å²) in [6.07, 6.45) is 0.490. The van der Waals surface area contributed by atoms with E-state index in [4.69, 9.17) is 4.74 Å². The summed E-state index contributed by atoms with van der Waals surface area (Å²) in [5.74, 6) is 0.975. The van der Waals surface area contributed by atoms with Crippen LogP contribution in [0.5, 0.6) is 5.75 Å². The molecule has 102 valence electrons. The van der Waals surface area contributed by atoms with Crippen LogP contribution >= 0.6 is 0 Å². The molecule has 0 spiro atoms. The maximum Gasteiger partial charge on any atom is 0.231 e. The molecule has 0 saturated heterocycles. The lowest BCUT2D eigenvalue weighted by atomic mass is 10.1. The number of aryl methyl sites for hydroxylation is 1. The molecule has 0 aliphatic carbocycles. The third kappa shape index (κ3) is 2.16. The fourth-order valence-corrected chi connectivity index (χ4v) is 2.69. The third-order valence-corrected chi connectivity index (χ3v) is 3.69. The van der Waals surface area contributed by atoms with Crippen molar-refractivity contribution in [2.24, 2.45) is 0 Å². The van der Waals surface area contributed by atoms with Gasteiger partial charge in [-0.2, -0.15) is 0 Å². The van der Waals surface area contributed by atoms with Gasteiger partial charge in [0.15, 0.2) is 0 Å². The number of nitrogens with zero attached hydrogens (tertiary/aromatic N) is 1. The van der Waals surface area contributed by atoms with Gasteiger partial charge >= 0.3 is 0 Å². The van der Waals surface area contributed by atoms with Crippen LogP contribution in [0.25, 0.3) is 0 Å². The topological polar surface area (TPSA) is 29.5 Å². The SMILES string of the molecule is COc1ccc(C)cc1CN1C(=O)Cc2ccccc21. The second-order valence-electron chi connectivity index (χ2n) is 5.10. The van der Waals surface area contributed by atoms with Crippen LogP contribution in [0.3, 0.4) is 0 Å². The molecule has 3 nitrogen and oxygen atoms in total. The highest BCUT2D eigenvalue weighted by Crippen LogP contribution is 2.31. The summed E-state index contributed by atoms with van der Waals surface area (Å²) in [6, 6.07) is 14.0. The lowest BCUT2D eigenvalue weighted by Crippen LogP contribution is -2.26. The van der Waals surface area contributed by atoms with Crippen molar-refractivity contribution in [1.82, 2.24) is 0 Å². The molecule has 2 aromatic carbocycles. The summed E-state index contributed by atoms with van der Waals surface area (Å²) in [5.41, 5.74) is 4.32. The van der Waals surface area contributed by atoms with Crippen LogP contribution in [0.15, 0.2) is 42.5 Å². The predicted octanol–water partition coefficient (Wildman–Crippen LogP) is 3.09. The van der Waals surface area contributed by atoms with Crippen molar-refractivity contribution in [1.29, 1.82) is 0 Å². The summed E-state index contributed by atoms with van der Waals surface area (Å²) < 4.78 is 5.40. The Balaban J connectivity index is 1.96. The quantitative estimate of drug-likeness (QED) is 0.855. The Bertz CT molecular complexity index is 664. The average Bonchev–Trinajstić information content (AvgIpc) is 2.76. The van der Waals surface area contributed by atoms with Crippen molar-refractivity contribution in [2.75, 3.05) is 12.0 Å². The molecule has 1 heterocycles. The maximum atomic E-state index is 12.2. The highest BCUT2D eigenvalue weighted by molar-refractivity contribution is 6.01. The fourth-order valence-electron chi connectivity index (χ4n) is 2.69. The molecule has 20 heavy (non-hydrogen) atoms. The van der Waals surface area contributed by atoms with Crippen LogP contribution in [-0.2, 0) is 17.8 Å². The zero-order valence-electron chi connectivity index (χ0n) is 11.7. The van der Waals surface area contributed by atoms with Gasteiger partial charge in [-0.25, -0.2) is 0 Å². The minimum Gasteiger partial charge on any atom is -0.496 e. The molecule has 0 aromatic heterocycles. The second kappa shape index (κ2) is 5.00. The number of benzene rings is 2. The molecule has 3 rings (SSSR count). The molecule has 0 N–H and O–H groups in total. The number of hydrogen-bond acceptors (Lipinski definition) is 2. The molecule has 1 amide bonds. The Morgan fingerprint density at radius 2 is 2.00 bits per heavy atom. The summed E-state index contributed by atoms with van der Waals surface area (Å²) in [6.45, 7) is 2.60. The van der Waals surface area contributed by atoms with Crippen molar-refractivity contribution in [3.05, 3.63) is 59.2 Å². The van der Waals surface area contributed by atoms with Gasteiger partial charge in [0.25, 0.3) is 0 Å². The number of fused-ring (bicyclic) bond motifs is 1. The normalized spacial score (nSPS) is 13.5. The van der Waals surface area contributed by atoms with E-state index in [1.54, 1.807) is 7.11 Å². The number of amides is 1. The second-order valence-corrected chi connectivity index (χ2v) is 5.10. The molecule has 2 aromatic rings. The number of anilines is 1. The molecule has 0 atom stereocenters. The number of para-hydroxylation sites is 1. The van der Waals surface area contributed by atoms with E-state index >= 15 is 0 Å². The zero-order valence-corrected chi connectivity index (χ0v) is 11.7. The van der Waals surface area contributed by atoms with Crippen LogP contribution < -0.4 is 9.64 Å². The van der Waals surface area contributed by atoms with Crippen LogP contribution in [0.4, 0.5) is 5.69 Å². The Hall–Kier alpha value is -2.29. The first-order valence-electron chi connectivity index (χ1n) is 6.71. The third-order valence-electron chi connectivity index (χ3n) is 3.69. The molecule has 0 saturated carbocycles. The first-order chi connectivity index (χ1) is 9.69. The standard InChI is InChI=1S/C17H17NO2/c1-12-7-8-16(20-2)14(9-12)11-18-15-6-4-3-5-13(15)10-17(18)19/h3-9H,10-11H2,1-2H3. The Labute approximate surface area is 118 Å². The number of rotatable bonds is 3. The van der Waals surface area contributed by atoms with Gasteiger partial charge in [0.2, 0.25) is 5.91 Å². The molecule has 0 fully saturated rings. The van der Waals surface area contributed by atoms with Crippen LogP contribution in [0.1, 0.15) is 16.7 Å². The van der Waals surface area contributed by atoms with Gasteiger partial charge < -0.3 is 9.64 Å². The zero-order chi connectivity index (χ0) is 14.1. The molecule has 0 bridgehead atoms. The summed E-state index contributed by atoms with van der Waals surface area (Å²) in [5, 5.41) is 0. The number of carbonyl (C=O) groups is 1. The minimum atomic E-state index is 0.148. The first kappa shape index (κ1) is 12.7. The molecular weight excluding hydrogens is 250 g/mol. The molecular formula is C17H17NO2. The van der Waals surface area contributed by atoms with Gasteiger partial charge in [0.05, 0.1) is 20.1 Å². The van der Waals surface area contributed by atoms with Crippen molar-refractivity contribution in [3.63, 3.8) is 0 Å². The highest BCUT2D eigenvalue weighted by Gasteiger charge is 2.27. The van der Waals surface area contributed by atoms with Gasteiger partial charge in [-0.1, -0.05) is 35.9 Å². The van der Waals surface area contributed by atoms with Gasteiger partial charge in [-0.3, -0.25) is 4.79 Å². The van der Waals surface area contributed by atoms with Gasteiger partial charge in [0.1, 0.15) is 5.75 Å². The lowest BCUT2D eigenvalue weighted by molar-refractivity contribution is -0.117. The first-order valence-corrected chi connectivity index (χ1v) is 6.71. The van der Waals surface area contributed by atoms with Gasteiger partial charge in [-0.15, -0.1) is 0 Å². The van der Waals surface area contributed by atoms with E-state index in [0.717, 1.165) is 22.6 Å². The van der Waals surface area contributed by atoms with E-state index < -0.39 is 0 Å². The molecule has 0 unspecified atom stereocenters. The highest BCUT2D eigenvalue weighted by atomic mass is 16.5. The van der Waals surface area contributed by atoms with E-state index in [0.29, 0.717) is 13.0 Å². The van der Waals surface area contributed by atoms with Crippen molar-refractivity contribution < 1.29 is 9.53 Å².